The second-order valence-electron chi connectivity index (χ2n) is 12.3. The summed E-state index contributed by atoms with van der Waals surface area (Å²) in [6.07, 6.45) is 3.21. The van der Waals surface area contributed by atoms with Crippen LogP contribution in [0.1, 0.15) is 50.9 Å². The number of aromatic nitrogens is 7. The molecule has 0 amide bonds. The quantitative estimate of drug-likeness (QED) is 0.299. The molecule has 0 saturated carbocycles. The van der Waals surface area contributed by atoms with E-state index in [9.17, 15) is 9.59 Å². The molecule has 1 fully saturated rings. The second-order valence-corrected chi connectivity index (χ2v) is 12.3. The maximum atomic E-state index is 13.4. The Hall–Kier alpha value is -4.99. The van der Waals surface area contributed by atoms with Gasteiger partial charge in [0.25, 0.3) is 5.56 Å². The molecule has 43 heavy (non-hydrogen) atoms. The molecular weight excluding hydrogens is 540 g/mol. The Kier molecular flexibility index (Phi) is 6.49. The molecule has 0 aliphatic carbocycles. The minimum Gasteiger partial charge on any atom is -0.355 e. The van der Waals surface area contributed by atoms with Gasteiger partial charge < -0.3 is 14.9 Å². The average molecular weight is 575 g/mol. The van der Waals surface area contributed by atoms with E-state index in [0.29, 0.717) is 42.2 Å². The molecular formula is C33H34N8O2. The highest BCUT2D eigenvalue weighted by molar-refractivity contribution is 5.89. The van der Waals surface area contributed by atoms with E-state index >= 15 is 0 Å². The number of anilines is 1. The number of H-pyrrole nitrogens is 2. The third kappa shape index (κ3) is 4.92. The third-order valence-corrected chi connectivity index (χ3v) is 8.32. The van der Waals surface area contributed by atoms with Crippen molar-refractivity contribution in [2.24, 2.45) is 0 Å². The molecule has 218 valence electrons. The number of pyridine rings is 1. The van der Waals surface area contributed by atoms with Crippen molar-refractivity contribution >= 4 is 27.8 Å². The van der Waals surface area contributed by atoms with Crippen LogP contribution in [0.15, 0.2) is 82.5 Å². The molecule has 10 heteroatoms. The lowest BCUT2D eigenvalue weighted by Gasteiger charge is -2.33. The van der Waals surface area contributed by atoms with Crippen molar-refractivity contribution in [2.45, 2.75) is 51.6 Å². The summed E-state index contributed by atoms with van der Waals surface area (Å²) in [4.78, 5) is 44.2. The summed E-state index contributed by atoms with van der Waals surface area (Å²) in [5.41, 5.74) is 4.64. The Bertz CT molecular complexity index is 2050. The summed E-state index contributed by atoms with van der Waals surface area (Å²) in [5, 5.41) is 5.43. The van der Waals surface area contributed by atoms with E-state index in [2.05, 4.69) is 47.8 Å². The molecule has 0 spiro atoms. The summed E-state index contributed by atoms with van der Waals surface area (Å²) in [5.74, 6) is 1.14. The molecule has 1 aliphatic heterocycles. The number of aromatic amines is 2. The maximum Gasteiger partial charge on any atom is 0.326 e. The van der Waals surface area contributed by atoms with Crippen LogP contribution in [-0.2, 0) is 12.0 Å². The maximum absolute atomic E-state index is 13.4. The lowest BCUT2D eigenvalue weighted by Crippen LogP contribution is -2.37. The van der Waals surface area contributed by atoms with Gasteiger partial charge >= 0.3 is 5.69 Å². The van der Waals surface area contributed by atoms with E-state index in [1.54, 1.807) is 12.3 Å². The van der Waals surface area contributed by atoms with Crippen LogP contribution in [0.25, 0.3) is 33.5 Å². The van der Waals surface area contributed by atoms with Crippen LogP contribution in [-0.4, -0.2) is 47.4 Å². The number of para-hydroxylation sites is 2. The number of nitrogens with zero attached hydrogens (tertiary/aromatic N) is 6. The van der Waals surface area contributed by atoms with Crippen LogP contribution >= 0.6 is 0 Å². The molecule has 0 atom stereocenters. The molecule has 10 nitrogen and oxygen atoms in total. The van der Waals surface area contributed by atoms with Gasteiger partial charge in [-0.25, -0.2) is 14.8 Å². The first-order valence-electron chi connectivity index (χ1n) is 14.7. The number of hydrogen-bond acceptors (Lipinski definition) is 6. The van der Waals surface area contributed by atoms with Crippen LogP contribution in [0.2, 0.25) is 0 Å². The molecule has 1 saturated heterocycles. The fourth-order valence-corrected chi connectivity index (χ4v) is 6.03. The molecule has 0 bridgehead atoms. The van der Waals surface area contributed by atoms with E-state index in [1.807, 2.05) is 57.8 Å². The monoisotopic (exact) mass is 574 g/mol. The standard InChI is InChI=1S/C33H34N8O2/c1-33(2,3)27-19-26(40(38-27)20-21-9-5-4-6-10-21)29-36-28-23(31(42)37-29)13-16-34-30(28)39-17-14-22(15-18-39)41-25-12-8-7-11-24(25)35-32(41)43/h4-13,16,19,22H,14-15,17-18,20H2,1-3H3,(H,35,43)(H,36,37,42). The van der Waals surface area contributed by atoms with E-state index < -0.39 is 0 Å². The highest BCUT2D eigenvalue weighted by atomic mass is 16.1. The van der Waals surface area contributed by atoms with Gasteiger partial charge in [0.1, 0.15) is 11.2 Å². The number of benzene rings is 2. The fourth-order valence-electron chi connectivity index (χ4n) is 6.03. The summed E-state index contributed by atoms with van der Waals surface area (Å²) in [6, 6.07) is 21.8. The molecule has 5 heterocycles. The van der Waals surface area contributed by atoms with Crippen LogP contribution in [0.5, 0.6) is 0 Å². The van der Waals surface area contributed by atoms with Gasteiger partial charge in [-0.15, -0.1) is 0 Å². The fraction of sp³-hybridized carbons (Fsp3) is 0.303. The molecule has 0 radical (unpaired) electrons. The van der Waals surface area contributed by atoms with Crippen molar-refractivity contribution in [1.82, 2.24) is 34.3 Å². The summed E-state index contributed by atoms with van der Waals surface area (Å²) >= 11 is 0. The van der Waals surface area contributed by atoms with Crippen molar-refractivity contribution < 1.29 is 0 Å². The Morgan fingerprint density at radius 3 is 2.44 bits per heavy atom. The summed E-state index contributed by atoms with van der Waals surface area (Å²) < 4.78 is 3.80. The Balaban J connectivity index is 1.25. The minimum atomic E-state index is -0.214. The van der Waals surface area contributed by atoms with Gasteiger partial charge in [-0.1, -0.05) is 63.2 Å². The van der Waals surface area contributed by atoms with E-state index in [0.717, 1.165) is 40.8 Å². The van der Waals surface area contributed by atoms with Crippen molar-refractivity contribution in [3.8, 4) is 11.5 Å². The van der Waals surface area contributed by atoms with Crippen molar-refractivity contribution in [3.05, 3.63) is 105 Å². The topological polar surface area (TPSA) is 117 Å². The van der Waals surface area contributed by atoms with E-state index in [1.165, 1.54) is 0 Å². The van der Waals surface area contributed by atoms with Crippen molar-refractivity contribution in [2.75, 3.05) is 18.0 Å². The van der Waals surface area contributed by atoms with Crippen molar-refractivity contribution in [3.63, 3.8) is 0 Å². The smallest absolute Gasteiger partial charge is 0.326 e. The van der Waals surface area contributed by atoms with Crippen molar-refractivity contribution in [1.29, 1.82) is 0 Å². The van der Waals surface area contributed by atoms with E-state index in [-0.39, 0.29) is 22.7 Å². The normalized spacial score (nSPS) is 14.6. The van der Waals surface area contributed by atoms with Gasteiger partial charge in [0.05, 0.1) is 28.7 Å². The summed E-state index contributed by atoms with van der Waals surface area (Å²) in [6.45, 7) is 8.30. The Labute approximate surface area is 248 Å². The first-order valence-corrected chi connectivity index (χ1v) is 14.7. The molecule has 2 N–H and O–H groups in total. The number of piperidine rings is 1. The average Bonchev–Trinajstić information content (AvgIpc) is 3.58. The van der Waals surface area contributed by atoms with Gasteiger partial charge in [-0.2, -0.15) is 5.10 Å². The third-order valence-electron chi connectivity index (χ3n) is 8.32. The first-order chi connectivity index (χ1) is 20.8. The molecule has 1 aliphatic rings. The van der Waals surface area contributed by atoms with Crippen LogP contribution in [0, 0.1) is 0 Å². The number of rotatable bonds is 5. The zero-order chi connectivity index (χ0) is 29.7. The molecule has 4 aromatic heterocycles. The lowest BCUT2D eigenvalue weighted by molar-refractivity contribution is 0.395. The Morgan fingerprint density at radius 1 is 0.930 bits per heavy atom. The molecule has 7 rings (SSSR count). The number of nitrogens with one attached hydrogen (secondary N) is 2. The zero-order valence-corrected chi connectivity index (χ0v) is 24.5. The van der Waals surface area contributed by atoms with Crippen LogP contribution < -0.4 is 16.1 Å². The van der Waals surface area contributed by atoms with Gasteiger partial charge in [0.2, 0.25) is 0 Å². The van der Waals surface area contributed by atoms with Crippen LogP contribution in [0.3, 0.4) is 0 Å². The number of hydrogen-bond donors (Lipinski definition) is 2. The highest BCUT2D eigenvalue weighted by Crippen LogP contribution is 2.31. The number of fused-ring (bicyclic) bond motifs is 2. The molecule has 2 aromatic carbocycles. The largest absolute Gasteiger partial charge is 0.355 e. The van der Waals surface area contributed by atoms with Gasteiger partial charge in [-0.05, 0) is 42.7 Å². The zero-order valence-electron chi connectivity index (χ0n) is 24.5. The second kappa shape index (κ2) is 10.4. The Morgan fingerprint density at radius 2 is 1.67 bits per heavy atom. The van der Waals surface area contributed by atoms with Crippen LogP contribution in [0.4, 0.5) is 5.82 Å². The first kappa shape index (κ1) is 26.9. The SMILES string of the molecule is CC(C)(C)c1cc(-c2nc3c(N4CCC(n5c(=O)[nH]c6ccccc65)CC4)nccc3c(=O)[nH]2)n(Cc2ccccc2)n1. The predicted molar refractivity (Wildman–Crippen MR) is 169 cm³/mol. The highest BCUT2D eigenvalue weighted by Gasteiger charge is 2.27. The molecule has 0 unspecified atom stereocenters. The van der Waals surface area contributed by atoms with Gasteiger partial charge in [0, 0.05) is 30.7 Å². The van der Waals surface area contributed by atoms with E-state index in [4.69, 9.17) is 15.1 Å². The summed E-state index contributed by atoms with van der Waals surface area (Å²) in [7, 11) is 0. The van der Waals surface area contributed by atoms with Gasteiger partial charge in [-0.3, -0.25) is 14.0 Å². The predicted octanol–water partition coefficient (Wildman–Crippen LogP) is 5.01. The molecule has 6 aromatic rings. The van der Waals surface area contributed by atoms with Gasteiger partial charge in [0.15, 0.2) is 11.6 Å². The number of imidazole rings is 1. The minimum absolute atomic E-state index is 0.0740. The lowest BCUT2D eigenvalue weighted by atomic mass is 9.92.